The van der Waals surface area contributed by atoms with Crippen molar-refractivity contribution < 1.29 is 27.9 Å². The van der Waals surface area contributed by atoms with Crippen LogP contribution in [0.3, 0.4) is 0 Å². The highest BCUT2D eigenvalue weighted by Gasteiger charge is 2.33. The number of amides is 1. The molecule has 1 aliphatic heterocycles. The Morgan fingerprint density at radius 1 is 1.07 bits per heavy atom. The first kappa shape index (κ1) is 32.4. The second-order valence-corrected chi connectivity index (χ2v) is 11.9. The molecule has 0 radical (unpaired) electrons. The predicted molar refractivity (Wildman–Crippen MR) is 159 cm³/mol. The summed E-state index contributed by atoms with van der Waals surface area (Å²) in [5.41, 5.74) is 2.54. The number of carboxylic acids is 1. The third-order valence-corrected chi connectivity index (χ3v) is 8.39. The Morgan fingerprint density at radius 2 is 1.69 bits per heavy atom. The molecule has 1 amide bonds. The van der Waals surface area contributed by atoms with Crippen molar-refractivity contribution in [2.24, 2.45) is 5.92 Å². The molecule has 1 aliphatic rings. The van der Waals surface area contributed by atoms with Crippen molar-refractivity contribution in [2.45, 2.75) is 39.7 Å². The maximum Gasteiger partial charge on any atom is 0.322 e. The zero-order valence-corrected chi connectivity index (χ0v) is 25.1. The number of anilines is 1. The minimum absolute atomic E-state index is 0.224. The Balaban J connectivity index is 1.67. The average Bonchev–Trinajstić information content (AvgIpc) is 2.98. The van der Waals surface area contributed by atoms with Gasteiger partial charge in [-0.2, -0.15) is 22.7 Å². The molecule has 11 nitrogen and oxygen atoms in total. The molecule has 0 aromatic heterocycles. The molecule has 1 saturated heterocycles. The third-order valence-electron chi connectivity index (χ3n) is 6.79. The van der Waals surface area contributed by atoms with Gasteiger partial charge in [0.25, 0.3) is 16.1 Å². The number of carbonyl (C=O) groups is 2. The van der Waals surface area contributed by atoms with Crippen LogP contribution < -0.4 is 14.4 Å². The first-order valence-corrected chi connectivity index (χ1v) is 15.2. The molecular formula is C30H37N5O6S. The highest BCUT2D eigenvalue weighted by atomic mass is 32.2. The lowest BCUT2D eigenvalue weighted by molar-refractivity contribution is -0.140. The van der Waals surface area contributed by atoms with Crippen molar-refractivity contribution in [1.82, 2.24) is 13.9 Å². The van der Waals surface area contributed by atoms with E-state index in [-0.39, 0.29) is 24.6 Å². The fraction of sp³-hybridized carbons (Fsp3) is 0.433. The van der Waals surface area contributed by atoms with E-state index in [1.165, 1.54) is 11.4 Å². The van der Waals surface area contributed by atoms with Crippen LogP contribution in [0, 0.1) is 29.2 Å². The second kappa shape index (κ2) is 14.7. The number of carboxylic acid groups (broad SMARTS) is 1. The van der Waals surface area contributed by atoms with E-state index in [4.69, 9.17) is 10.00 Å². The molecule has 12 heteroatoms. The highest BCUT2D eigenvalue weighted by molar-refractivity contribution is 7.87. The van der Waals surface area contributed by atoms with Gasteiger partial charge in [0.1, 0.15) is 11.8 Å². The molecule has 0 aliphatic carbocycles. The zero-order chi connectivity index (χ0) is 30.9. The van der Waals surface area contributed by atoms with Gasteiger partial charge in [-0.1, -0.05) is 39.0 Å². The lowest BCUT2D eigenvalue weighted by Crippen LogP contribution is -2.55. The van der Waals surface area contributed by atoms with Gasteiger partial charge in [0.15, 0.2) is 6.19 Å². The number of aliphatic carboxylic acids is 1. The summed E-state index contributed by atoms with van der Waals surface area (Å²) in [7, 11) is -2.53. The molecule has 2 N–H and O–H groups in total. The lowest BCUT2D eigenvalue weighted by atomic mass is 10.1. The Kier molecular flexibility index (Phi) is 11.3. The lowest BCUT2D eigenvalue weighted by Gasteiger charge is -2.36. The van der Waals surface area contributed by atoms with Gasteiger partial charge in [0.05, 0.1) is 12.2 Å². The summed E-state index contributed by atoms with van der Waals surface area (Å²) in [6, 6.07) is 11.5. The standard InChI is InChI=1S/C30H37N5O6S/c1-5-6-19-41-27-14-11-24(20-26(27)29(36)33(4)21-31)8-7-23-9-12-25(13-10-23)34-15-17-35(18-16-34)42(39,40)32-28(22(2)3)30(37)38/h9-14,20,22,28,32H,5-6,15-19H2,1-4H3,(H,37,38)/t28-/m1/s1. The topological polar surface area (TPSA) is 143 Å². The maximum absolute atomic E-state index is 12.7. The van der Waals surface area contributed by atoms with Gasteiger partial charge < -0.3 is 14.7 Å². The first-order valence-electron chi connectivity index (χ1n) is 13.8. The minimum atomic E-state index is -3.93. The largest absolute Gasteiger partial charge is 0.493 e. The summed E-state index contributed by atoms with van der Waals surface area (Å²) in [6.45, 7) is 7.17. The maximum atomic E-state index is 12.7. The molecule has 3 rings (SSSR count). The number of carbonyl (C=O) groups excluding carboxylic acids is 1. The molecule has 1 heterocycles. The van der Waals surface area contributed by atoms with Crippen LogP contribution in [0.2, 0.25) is 0 Å². The number of ether oxygens (including phenoxy) is 1. The van der Waals surface area contributed by atoms with Crippen molar-refractivity contribution in [3.8, 4) is 23.8 Å². The smallest absolute Gasteiger partial charge is 0.322 e. The number of nitrogens with one attached hydrogen (secondary N) is 1. The molecule has 1 atom stereocenters. The van der Waals surface area contributed by atoms with Gasteiger partial charge in [-0.3, -0.25) is 9.59 Å². The summed E-state index contributed by atoms with van der Waals surface area (Å²) in [4.78, 5) is 27.2. The van der Waals surface area contributed by atoms with Gasteiger partial charge in [0, 0.05) is 50.0 Å². The minimum Gasteiger partial charge on any atom is -0.493 e. The number of hydrogen-bond acceptors (Lipinski definition) is 7. The predicted octanol–water partition coefficient (Wildman–Crippen LogP) is 2.88. The highest BCUT2D eigenvalue weighted by Crippen LogP contribution is 2.23. The van der Waals surface area contributed by atoms with Crippen LogP contribution in [0.4, 0.5) is 5.69 Å². The number of piperazine rings is 1. The van der Waals surface area contributed by atoms with Crippen molar-refractivity contribution >= 4 is 27.8 Å². The SMILES string of the molecule is CCCCOc1ccc(C#Cc2ccc(N3CCN(S(=O)(=O)N[C@@H](C(=O)O)C(C)C)CC3)cc2)cc1C(=O)N(C)C#N. The van der Waals surface area contributed by atoms with E-state index in [2.05, 4.69) is 21.5 Å². The van der Waals surface area contributed by atoms with Gasteiger partial charge in [0.2, 0.25) is 0 Å². The van der Waals surface area contributed by atoms with E-state index in [1.54, 1.807) is 32.0 Å². The molecule has 1 fully saturated rings. The van der Waals surface area contributed by atoms with Gasteiger partial charge >= 0.3 is 5.97 Å². The van der Waals surface area contributed by atoms with E-state index in [0.717, 1.165) is 29.0 Å². The van der Waals surface area contributed by atoms with Crippen LogP contribution >= 0.6 is 0 Å². The fourth-order valence-corrected chi connectivity index (χ4v) is 5.73. The van der Waals surface area contributed by atoms with Crippen molar-refractivity contribution in [2.75, 3.05) is 44.7 Å². The second-order valence-electron chi connectivity index (χ2n) is 10.2. The Morgan fingerprint density at radius 3 is 2.26 bits per heavy atom. The Hall–Kier alpha value is -4.10. The number of benzene rings is 2. The van der Waals surface area contributed by atoms with Crippen molar-refractivity contribution in [1.29, 1.82) is 5.26 Å². The number of rotatable bonds is 11. The molecule has 0 spiro atoms. The zero-order valence-electron chi connectivity index (χ0n) is 24.3. The number of nitriles is 1. The van der Waals surface area contributed by atoms with Crippen LogP contribution in [0.25, 0.3) is 0 Å². The first-order chi connectivity index (χ1) is 20.0. The van der Waals surface area contributed by atoms with Crippen molar-refractivity contribution in [3.63, 3.8) is 0 Å². The molecule has 0 saturated carbocycles. The van der Waals surface area contributed by atoms with E-state index in [9.17, 15) is 23.1 Å². The fourth-order valence-electron chi connectivity index (χ4n) is 4.25. The van der Waals surface area contributed by atoms with Crippen LogP contribution in [-0.2, 0) is 15.0 Å². The van der Waals surface area contributed by atoms with E-state index < -0.39 is 28.1 Å². The summed E-state index contributed by atoms with van der Waals surface area (Å²) in [6.07, 6.45) is 3.62. The number of nitrogens with zero attached hydrogens (tertiary/aromatic N) is 4. The van der Waals surface area contributed by atoms with E-state index >= 15 is 0 Å². The number of hydrogen-bond donors (Lipinski definition) is 2. The molecule has 0 bridgehead atoms. The van der Waals surface area contributed by atoms with Crippen LogP contribution in [-0.4, -0.2) is 80.5 Å². The van der Waals surface area contributed by atoms with Gasteiger partial charge in [-0.25, -0.2) is 4.90 Å². The quantitative estimate of drug-likeness (QED) is 0.175. The molecule has 2 aromatic rings. The third kappa shape index (κ3) is 8.46. The van der Waals surface area contributed by atoms with E-state index in [0.29, 0.717) is 31.0 Å². The van der Waals surface area contributed by atoms with Crippen LogP contribution in [0.5, 0.6) is 5.75 Å². The number of unbranched alkanes of at least 4 members (excludes halogenated alkanes) is 1. The molecule has 0 unspecified atom stereocenters. The molecular weight excluding hydrogens is 558 g/mol. The molecule has 42 heavy (non-hydrogen) atoms. The summed E-state index contributed by atoms with van der Waals surface area (Å²) in [5, 5.41) is 18.5. The van der Waals surface area contributed by atoms with Crippen molar-refractivity contribution in [3.05, 3.63) is 59.2 Å². The van der Waals surface area contributed by atoms with Crippen LogP contribution in [0.1, 0.15) is 55.1 Å². The summed E-state index contributed by atoms with van der Waals surface area (Å²) >= 11 is 0. The molecule has 2 aromatic carbocycles. The van der Waals surface area contributed by atoms with E-state index in [1.807, 2.05) is 37.4 Å². The molecule has 224 valence electrons. The summed E-state index contributed by atoms with van der Waals surface area (Å²) in [5.74, 6) is 4.51. The van der Waals surface area contributed by atoms with Gasteiger partial charge in [-0.05, 0) is 54.8 Å². The monoisotopic (exact) mass is 595 g/mol. The Labute approximate surface area is 247 Å². The van der Waals surface area contributed by atoms with Crippen LogP contribution in [0.15, 0.2) is 42.5 Å². The average molecular weight is 596 g/mol. The normalized spacial score (nSPS) is 14.4. The summed E-state index contributed by atoms with van der Waals surface area (Å²) < 4.78 is 34.8. The van der Waals surface area contributed by atoms with Gasteiger partial charge in [-0.15, -0.1) is 0 Å². The Bertz CT molecular complexity index is 1470.